The maximum atomic E-state index is 12.6. The lowest BCUT2D eigenvalue weighted by atomic mass is 9.97. The van der Waals surface area contributed by atoms with Crippen molar-refractivity contribution in [1.29, 1.82) is 0 Å². The second-order valence-electron chi connectivity index (χ2n) is 6.89. The first-order chi connectivity index (χ1) is 14.2. The largest absolute Gasteiger partial charge is 0.437 e. The fourth-order valence-electron chi connectivity index (χ4n) is 3.30. The van der Waals surface area contributed by atoms with E-state index < -0.39 is 0 Å². The van der Waals surface area contributed by atoms with Crippen LogP contribution in [0.15, 0.2) is 55.2 Å². The van der Waals surface area contributed by atoms with E-state index in [-0.39, 0.29) is 6.03 Å². The van der Waals surface area contributed by atoms with Gasteiger partial charge in [0.1, 0.15) is 18.4 Å². The first-order valence-electron chi connectivity index (χ1n) is 9.44. The summed E-state index contributed by atoms with van der Waals surface area (Å²) < 4.78 is 7.56. The van der Waals surface area contributed by atoms with Crippen LogP contribution in [0.5, 0.6) is 11.6 Å². The average molecular weight is 413 g/mol. The molecule has 2 aromatic heterocycles. The summed E-state index contributed by atoms with van der Waals surface area (Å²) in [7, 11) is 0. The van der Waals surface area contributed by atoms with Crippen molar-refractivity contribution in [3.63, 3.8) is 0 Å². The Bertz CT molecular complexity index is 957. The number of aromatic nitrogens is 4. The molecule has 0 aliphatic carbocycles. The van der Waals surface area contributed by atoms with Crippen LogP contribution in [0.25, 0.3) is 0 Å². The van der Waals surface area contributed by atoms with E-state index in [4.69, 9.17) is 16.3 Å². The standard InChI is InChI=1S/C20H21ClN6O2/c21-17-3-1-2-4-18(17)29-19-11-16(5-8-23-19)25-20(28)26-9-6-15(7-10-26)12-27-14-22-13-24-27/h1-5,8,11,13-15H,6-7,9-10,12H2,(H,23,25,28). The van der Waals surface area contributed by atoms with Crippen molar-refractivity contribution in [3.05, 3.63) is 60.3 Å². The smallest absolute Gasteiger partial charge is 0.321 e. The fraction of sp³-hybridized carbons (Fsp3) is 0.300. The van der Waals surface area contributed by atoms with Crippen LogP contribution in [0.4, 0.5) is 10.5 Å². The summed E-state index contributed by atoms with van der Waals surface area (Å²) in [5, 5.41) is 7.57. The van der Waals surface area contributed by atoms with Gasteiger partial charge in [-0.3, -0.25) is 4.68 Å². The van der Waals surface area contributed by atoms with Crippen LogP contribution in [0.1, 0.15) is 12.8 Å². The number of para-hydroxylation sites is 1. The Labute approximate surface area is 173 Å². The Hall–Kier alpha value is -3.13. The van der Waals surface area contributed by atoms with Gasteiger partial charge in [0.05, 0.1) is 5.02 Å². The molecule has 0 bridgehead atoms. The van der Waals surface area contributed by atoms with E-state index in [2.05, 4.69) is 20.4 Å². The van der Waals surface area contributed by atoms with Crippen LogP contribution in [-0.2, 0) is 6.54 Å². The first kappa shape index (κ1) is 19.2. The minimum atomic E-state index is -0.126. The van der Waals surface area contributed by atoms with Gasteiger partial charge in [-0.05, 0) is 37.0 Å². The van der Waals surface area contributed by atoms with Crippen molar-refractivity contribution in [1.82, 2.24) is 24.6 Å². The molecule has 4 rings (SSSR count). The summed E-state index contributed by atoms with van der Waals surface area (Å²) in [6, 6.07) is 10.5. The molecule has 1 aromatic carbocycles. The quantitative estimate of drug-likeness (QED) is 0.682. The Balaban J connectivity index is 1.31. The van der Waals surface area contributed by atoms with Crippen molar-refractivity contribution < 1.29 is 9.53 Å². The highest BCUT2D eigenvalue weighted by atomic mass is 35.5. The highest BCUT2D eigenvalue weighted by molar-refractivity contribution is 6.32. The van der Waals surface area contributed by atoms with Gasteiger partial charge in [0.25, 0.3) is 0 Å². The number of likely N-dealkylation sites (tertiary alicyclic amines) is 1. The number of ether oxygens (including phenoxy) is 1. The van der Waals surface area contributed by atoms with Gasteiger partial charge in [-0.2, -0.15) is 5.10 Å². The number of rotatable bonds is 5. The molecule has 3 heterocycles. The molecule has 1 aliphatic rings. The molecule has 3 aromatic rings. The van der Waals surface area contributed by atoms with Gasteiger partial charge in [-0.25, -0.2) is 14.8 Å². The van der Waals surface area contributed by atoms with Gasteiger partial charge in [-0.1, -0.05) is 23.7 Å². The van der Waals surface area contributed by atoms with Crippen LogP contribution in [-0.4, -0.2) is 43.8 Å². The fourth-order valence-corrected chi connectivity index (χ4v) is 3.47. The summed E-state index contributed by atoms with van der Waals surface area (Å²) in [6.45, 7) is 2.25. The predicted molar refractivity (Wildman–Crippen MR) is 109 cm³/mol. The molecular formula is C20H21ClN6O2. The summed E-state index contributed by atoms with van der Waals surface area (Å²) in [4.78, 5) is 22.6. The van der Waals surface area contributed by atoms with E-state index in [1.54, 1.807) is 43.1 Å². The van der Waals surface area contributed by atoms with Crippen molar-refractivity contribution in [2.75, 3.05) is 18.4 Å². The number of nitrogens with one attached hydrogen (secondary N) is 1. The number of carbonyl (C=O) groups is 1. The van der Waals surface area contributed by atoms with E-state index >= 15 is 0 Å². The van der Waals surface area contributed by atoms with E-state index in [1.807, 2.05) is 21.7 Å². The maximum absolute atomic E-state index is 12.6. The van der Waals surface area contributed by atoms with Gasteiger partial charge in [0.15, 0.2) is 0 Å². The van der Waals surface area contributed by atoms with Crippen LogP contribution < -0.4 is 10.1 Å². The molecule has 150 valence electrons. The second kappa shape index (κ2) is 8.91. The van der Waals surface area contributed by atoms with Crippen LogP contribution in [0, 0.1) is 5.92 Å². The number of amides is 2. The third-order valence-corrected chi connectivity index (χ3v) is 5.16. The zero-order valence-corrected chi connectivity index (χ0v) is 16.5. The topological polar surface area (TPSA) is 85.2 Å². The van der Waals surface area contributed by atoms with E-state index in [0.29, 0.717) is 41.3 Å². The number of carbonyl (C=O) groups excluding carboxylic acids is 1. The number of piperidine rings is 1. The summed E-state index contributed by atoms with van der Waals surface area (Å²) in [5.74, 6) is 1.37. The highest BCUT2D eigenvalue weighted by Crippen LogP contribution is 2.29. The van der Waals surface area contributed by atoms with Crippen LogP contribution in [0.2, 0.25) is 5.02 Å². The molecule has 0 saturated carbocycles. The Morgan fingerprint density at radius 3 is 2.83 bits per heavy atom. The predicted octanol–water partition coefficient (Wildman–Crippen LogP) is 4.06. The van der Waals surface area contributed by atoms with Gasteiger partial charge in [0, 0.05) is 37.6 Å². The van der Waals surface area contributed by atoms with Crippen molar-refractivity contribution in [2.45, 2.75) is 19.4 Å². The molecule has 2 amide bonds. The molecule has 8 nitrogen and oxygen atoms in total. The highest BCUT2D eigenvalue weighted by Gasteiger charge is 2.23. The minimum absolute atomic E-state index is 0.126. The normalized spacial score (nSPS) is 14.6. The average Bonchev–Trinajstić information content (AvgIpc) is 3.24. The van der Waals surface area contributed by atoms with Crippen molar-refractivity contribution in [3.8, 4) is 11.6 Å². The molecular weight excluding hydrogens is 392 g/mol. The Morgan fingerprint density at radius 2 is 2.07 bits per heavy atom. The molecule has 29 heavy (non-hydrogen) atoms. The zero-order valence-electron chi connectivity index (χ0n) is 15.7. The molecule has 1 N–H and O–H groups in total. The maximum Gasteiger partial charge on any atom is 0.321 e. The van der Waals surface area contributed by atoms with Gasteiger partial charge < -0.3 is 15.0 Å². The van der Waals surface area contributed by atoms with Crippen molar-refractivity contribution >= 4 is 23.3 Å². The van der Waals surface area contributed by atoms with E-state index in [0.717, 1.165) is 19.4 Å². The second-order valence-corrected chi connectivity index (χ2v) is 7.30. The number of pyridine rings is 1. The molecule has 0 atom stereocenters. The third kappa shape index (κ3) is 5.03. The number of nitrogens with zero attached hydrogens (tertiary/aromatic N) is 5. The van der Waals surface area contributed by atoms with Gasteiger partial charge in [0.2, 0.25) is 5.88 Å². The van der Waals surface area contributed by atoms with Crippen LogP contribution in [0.3, 0.4) is 0 Å². The molecule has 0 unspecified atom stereocenters. The molecule has 1 fully saturated rings. The summed E-state index contributed by atoms with van der Waals surface area (Å²) in [5.41, 5.74) is 0.622. The zero-order chi connectivity index (χ0) is 20.1. The third-order valence-electron chi connectivity index (χ3n) is 4.85. The number of hydrogen-bond donors (Lipinski definition) is 1. The number of hydrogen-bond acceptors (Lipinski definition) is 5. The molecule has 9 heteroatoms. The number of urea groups is 1. The Kier molecular flexibility index (Phi) is 5.90. The number of anilines is 1. The molecule has 0 spiro atoms. The summed E-state index contributed by atoms with van der Waals surface area (Å²) in [6.07, 6.45) is 6.73. The lowest BCUT2D eigenvalue weighted by molar-refractivity contribution is 0.175. The molecule has 1 aliphatic heterocycles. The Morgan fingerprint density at radius 1 is 1.24 bits per heavy atom. The molecule has 1 saturated heterocycles. The van der Waals surface area contributed by atoms with Crippen LogP contribution >= 0.6 is 11.6 Å². The minimum Gasteiger partial charge on any atom is -0.437 e. The van der Waals surface area contributed by atoms with Crippen molar-refractivity contribution in [2.24, 2.45) is 5.92 Å². The number of benzene rings is 1. The first-order valence-corrected chi connectivity index (χ1v) is 9.82. The van der Waals surface area contributed by atoms with E-state index in [9.17, 15) is 4.79 Å². The lowest BCUT2D eigenvalue weighted by Crippen LogP contribution is -2.41. The molecule has 0 radical (unpaired) electrons. The number of halogens is 1. The van der Waals surface area contributed by atoms with E-state index in [1.165, 1.54) is 0 Å². The monoisotopic (exact) mass is 412 g/mol. The van der Waals surface area contributed by atoms with Gasteiger partial charge in [-0.15, -0.1) is 0 Å². The summed E-state index contributed by atoms with van der Waals surface area (Å²) >= 11 is 6.12. The van der Waals surface area contributed by atoms with Gasteiger partial charge >= 0.3 is 6.03 Å². The lowest BCUT2D eigenvalue weighted by Gasteiger charge is -2.31. The SMILES string of the molecule is O=C(Nc1ccnc(Oc2ccccc2Cl)c1)N1CCC(Cn2cncn2)CC1.